The molecule has 0 saturated carbocycles. The van der Waals surface area contributed by atoms with Crippen molar-refractivity contribution in [3.05, 3.63) is 23.8 Å². The Hall–Kier alpha value is -2.31. The third kappa shape index (κ3) is 8.71. The first-order chi connectivity index (χ1) is 13.7. The fourth-order valence-electron chi connectivity index (χ4n) is 3.17. The number of nitrogens with zero attached hydrogens (tertiary/aromatic N) is 2. The number of alkyl carbamates (subject to hydrolysis) is 1. The van der Waals surface area contributed by atoms with Gasteiger partial charge < -0.3 is 19.9 Å². The Labute approximate surface area is 175 Å². The van der Waals surface area contributed by atoms with Crippen LogP contribution in [-0.2, 0) is 14.3 Å². The van der Waals surface area contributed by atoms with Crippen LogP contribution in [0.15, 0.2) is 23.8 Å². The lowest BCUT2D eigenvalue weighted by molar-refractivity contribution is -0.139. The SMILES string of the molecule is CC.CC(=O)N1CCN(C(=O)C(CC2=CCCC=C2)NC(=O)OC(C)(C)C)CC1. The normalized spacial score (nSPS) is 17.5. The number of rotatable bonds is 4. The number of ether oxygens (including phenoxy) is 1. The Kier molecular flexibility index (Phi) is 9.92. The molecule has 164 valence electrons. The van der Waals surface area contributed by atoms with Crippen LogP contribution in [0.4, 0.5) is 4.79 Å². The summed E-state index contributed by atoms with van der Waals surface area (Å²) in [7, 11) is 0. The number of piperazine rings is 1. The van der Waals surface area contributed by atoms with Gasteiger partial charge in [0.15, 0.2) is 0 Å². The fraction of sp³-hybridized carbons (Fsp3) is 0.682. The van der Waals surface area contributed by atoms with Gasteiger partial charge in [0.1, 0.15) is 11.6 Å². The molecule has 1 aliphatic heterocycles. The first kappa shape index (κ1) is 24.7. The van der Waals surface area contributed by atoms with Gasteiger partial charge in [-0.15, -0.1) is 0 Å². The molecule has 1 atom stereocenters. The Balaban J connectivity index is 0.00000204. The summed E-state index contributed by atoms with van der Waals surface area (Å²) in [5.41, 5.74) is 0.410. The molecule has 1 aliphatic carbocycles. The maximum Gasteiger partial charge on any atom is 0.408 e. The summed E-state index contributed by atoms with van der Waals surface area (Å²) in [5, 5.41) is 2.74. The molecular weight excluding hydrogens is 370 g/mol. The van der Waals surface area contributed by atoms with Crippen LogP contribution in [0.1, 0.15) is 60.8 Å². The molecule has 1 heterocycles. The van der Waals surface area contributed by atoms with Gasteiger partial charge in [-0.2, -0.15) is 0 Å². The molecule has 3 amide bonds. The third-order valence-electron chi connectivity index (χ3n) is 4.54. The lowest BCUT2D eigenvalue weighted by Gasteiger charge is -2.36. The average molecular weight is 408 g/mol. The summed E-state index contributed by atoms with van der Waals surface area (Å²) in [5.74, 6) is -0.119. The van der Waals surface area contributed by atoms with Crippen molar-refractivity contribution >= 4 is 17.9 Å². The van der Waals surface area contributed by atoms with E-state index in [2.05, 4.69) is 17.5 Å². The molecule has 0 radical (unpaired) electrons. The Morgan fingerprint density at radius 2 is 1.66 bits per heavy atom. The predicted octanol–water partition coefficient (Wildman–Crippen LogP) is 3.26. The van der Waals surface area contributed by atoms with Crippen LogP contribution in [0.25, 0.3) is 0 Å². The summed E-state index contributed by atoms with van der Waals surface area (Å²) in [6, 6.07) is -0.683. The summed E-state index contributed by atoms with van der Waals surface area (Å²) < 4.78 is 5.33. The fourth-order valence-corrected chi connectivity index (χ4v) is 3.17. The minimum atomic E-state index is -0.683. The second-order valence-corrected chi connectivity index (χ2v) is 7.99. The molecule has 2 rings (SSSR count). The number of allylic oxidation sites excluding steroid dienone is 3. The molecule has 29 heavy (non-hydrogen) atoms. The molecule has 0 spiro atoms. The van der Waals surface area contributed by atoms with Gasteiger partial charge in [-0.1, -0.05) is 32.1 Å². The van der Waals surface area contributed by atoms with Gasteiger partial charge in [0.2, 0.25) is 11.8 Å². The molecule has 0 bridgehead atoms. The van der Waals surface area contributed by atoms with Crippen molar-refractivity contribution in [1.82, 2.24) is 15.1 Å². The molecule has 0 aromatic rings. The van der Waals surface area contributed by atoms with Gasteiger partial charge in [0.05, 0.1) is 0 Å². The van der Waals surface area contributed by atoms with E-state index in [0.29, 0.717) is 32.6 Å². The van der Waals surface area contributed by atoms with Crippen LogP contribution in [-0.4, -0.2) is 65.5 Å². The molecular formula is C22H37N3O4. The first-order valence-corrected chi connectivity index (χ1v) is 10.5. The first-order valence-electron chi connectivity index (χ1n) is 10.5. The monoisotopic (exact) mass is 407 g/mol. The second-order valence-electron chi connectivity index (χ2n) is 7.99. The Morgan fingerprint density at radius 1 is 1.07 bits per heavy atom. The summed E-state index contributed by atoms with van der Waals surface area (Å²) >= 11 is 0. The van der Waals surface area contributed by atoms with Crippen molar-refractivity contribution < 1.29 is 19.1 Å². The van der Waals surface area contributed by atoms with Gasteiger partial charge >= 0.3 is 6.09 Å². The summed E-state index contributed by atoms with van der Waals surface area (Å²) in [6.45, 7) is 12.9. The van der Waals surface area contributed by atoms with Crippen molar-refractivity contribution in [2.75, 3.05) is 26.2 Å². The second kappa shape index (κ2) is 11.6. The third-order valence-corrected chi connectivity index (χ3v) is 4.54. The van der Waals surface area contributed by atoms with Gasteiger partial charge in [0.25, 0.3) is 0 Å². The maximum absolute atomic E-state index is 13.1. The number of amides is 3. The highest BCUT2D eigenvalue weighted by atomic mass is 16.6. The van der Waals surface area contributed by atoms with E-state index in [1.807, 2.05) is 19.9 Å². The van der Waals surface area contributed by atoms with Crippen molar-refractivity contribution in [2.24, 2.45) is 0 Å². The van der Waals surface area contributed by atoms with Crippen molar-refractivity contribution in [2.45, 2.75) is 72.4 Å². The molecule has 1 saturated heterocycles. The van der Waals surface area contributed by atoms with Crippen LogP contribution in [0, 0.1) is 0 Å². The number of carbonyl (C=O) groups excluding carboxylic acids is 3. The minimum Gasteiger partial charge on any atom is -0.444 e. The van der Waals surface area contributed by atoms with Gasteiger partial charge in [0, 0.05) is 39.5 Å². The van der Waals surface area contributed by atoms with E-state index in [4.69, 9.17) is 4.74 Å². The molecule has 1 fully saturated rings. The standard InChI is InChI=1S/C20H31N3O4.C2H6/c1-15(24)22-10-12-23(13-11-22)18(25)17(14-16-8-6-5-7-9-16)21-19(26)27-20(2,3)4;1-2/h6,8-9,17H,5,7,10-14H2,1-4H3,(H,21,26);1-2H3. The molecule has 7 nitrogen and oxygen atoms in total. The van der Waals surface area contributed by atoms with Gasteiger partial charge in [-0.25, -0.2) is 4.79 Å². The summed E-state index contributed by atoms with van der Waals surface area (Å²) in [4.78, 5) is 40.2. The van der Waals surface area contributed by atoms with Gasteiger partial charge in [-0.3, -0.25) is 9.59 Å². The quantitative estimate of drug-likeness (QED) is 0.776. The molecule has 0 aromatic carbocycles. The largest absolute Gasteiger partial charge is 0.444 e. The number of hydrogen-bond acceptors (Lipinski definition) is 4. The van der Waals surface area contributed by atoms with Crippen LogP contribution >= 0.6 is 0 Å². The van der Waals surface area contributed by atoms with Crippen molar-refractivity contribution in [3.63, 3.8) is 0 Å². The molecule has 0 aromatic heterocycles. The Bertz CT molecular complexity index is 626. The number of carbonyl (C=O) groups is 3. The number of hydrogen-bond donors (Lipinski definition) is 1. The van der Waals surface area contributed by atoms with Crippen molar-refractivity contribution in [1.29, 1.82) is 0 Å². The smallest absolute Gasteiger partial charge is 0.408 e. The summed E-state index contributed by atoms with van der Waals surface area (Å²) in [6.07, 6.45) is 7.96. The van der Waals surface area contributed by atoms with Crippen LogP contribution in [0.5, 0.6) is 0 Å². The maximum atomic E-state index is 13.1. The molecule has 2 aliphatic rings. The zero-order valence-corrected chi connectivity index (χ0v) is 18.8. The minimum absolute atomic E-state index is 0.0167. The highest BCUT2D eigenvalue weighted by molar-refractivity contribution is 5.86. The molecule has 1 unspecified atom stereocenters. The van der Waals surface area contributed by atoms with E-state index in [1.165, 1.54) is 6.92 Å². The highest BCUT2D eigenvalue weighted by Gasteiger charge is 2.31. The van der Waals surface area contributed by atoms with E-state index in [0.717, 1.165) is 18.4 Å². The lowest BCUT2D eigenvalue weighted by atomic mass is 9.99. The van der Waals surface area contributed by atoms with Crippen LogP contribution in [0.2, 0.25) is 0 Å². The zero-order valence-electron chi connectivity index (χ0n) is 18.8. The van der Waals surface area contributed by atoms with E-state index < -0.39 is 17.7 Å². The highest BCUT2D eigenvalue weighted by Crippen LogP contribution is 2.18. The zero-order chi connectivity index (χ0) is 22.0. The molecule has 7 heteroatoms. The Morgan fingerprint density at radius 3 is 2.14 bits per heavy atom. The average Bonchev–Trinajstić information content (AvgIpc) is 2.68. The van der Waals surface area contributed by atoms with Crippen LogP contribution < -0.4 is 5.32 Å². The number of nitrogens with one attached hydrogen (secondary N) is 1. The molecule has 1 N–H and O–H groups in total. The van der Waals surface area contributed by atoms with E-state index >= 15 is 0 Å². The van der Waals surface area contributed by atoms with Gasteiger partial charge in [-0.05, 0) is 39.2 Å². The van der Waals surface area contributed by atoms with Crippen LogP contribution in [0.3, 0.4) is 0 Å². The topological polar surface area (TPSA) is 79.0 Å². The van der Waals surface area contributed by atoms with E-state index in [-0.39, 0.29) is 11.8 Å². The lowest BCUT2D eigenvalue weighted by Crippen LogP contribution is -2.56. The predicted molar refractivity (Wildman–Crippen MR) is 114 cm³/mol. The van der Waals surface area contributed by atoms with E-state index in [1.54, 1.807) is 30.6 Å². The van der Waals surface area contributed by atoms with E-state index in [9.17, 15) is 14.4 Å². The van der Waals surface area contributed by atoms with Crippen molar-refractivity contribution in [3.8, 4) is 0 Å².